The van der Waals surface area contributed by atoms with Gasteiger partial charge in [-0.1, -0.05) is 23.7 Å². The molecule has 0 aliphatic carbocycles. The molecular formula is C15H18ClN5O2. The number of carbonyl (C=O) groups excluding carboxylic acids is 1. The fourth-order valence-corrected chi connectivity index (χ4v) is 2.73. The minimum atomic E-state index is -0.329. The highest BCUT2D eigenvalue weighted by Crippen LogP contribution is 2.26. The zero-order valence-electron chi connectivity index (χ0n) is 12.6. The lowest BCUT2D eigenvalue weighted by Crippen LogP contribution is -2.41. The minimum absolute atomic E-state index is 0.127. The highest BCUT2D eigenvalue weighted by atomic mass is 35.5. The van der Waals surface area contributed by atoms with Crippen LogP contribution in [0.4, 0.5) is 5.69 Å². The summed E-state index contributed by atoms with van der Waals surface area (Å²) in [5.41, 5.74) is 6.97. The Balaban J connectivity index is 1.67. The summed E-state index contributed by atoms with van der Waals surface area (Å²) in [6.07, 6.45) is 0. The Morgan fingerprint density at radius 2 is 2.13 bits per heavy atom. The molecule has 7 nitrogen and oxygen atoms in total. The number of aromatic nitrogens is 2. The smallest absolute Gasteiger partial charge is 0.274 e. The van der Waals surface area contributed by atoms with Gasteiger partial charge < -0.3 is 15.8 Å². The largest absolute Gasteiger partial charge is 0.396 e. The third kappa shape index (κ3) is 3.52. The van der Waals surface area contributed by atoms with E-state index in [0.29, 0.717) is 28.2 Å². The van der Waals surface area contributed by atoms with Crippen molar-refractivity contribution in [2.45, 2.75) is 0 Å². The standard InChI is InChI=1S/C15H18ClN5O2/c16-11-3-1-2-10-12(17)14(20-19-13(10)11)15(22)18-4-5-21-6-8-23-9-7-21/h1-3H,4-9H2,(H2,17,19)(H,18,22). The second-order valence-corrected chi connectivity index (χ2v) is 5.72. The summed E-state index contributed by atoms with van der Waals surface area (Å²) in [5.74, 6) is -0.329. The number of fused-ring (bicyclic) bond motifs is 1. The Hall–Kier alpha value is -1.96. The van der Waals surface area contributed by atoms with Gasteiger partial charge in [-0.25, -0.2) is 0 Å². The molecule has 0 spiro atoms. The van der Waals surface area contributed by atoms with Crippen LogP contribution in [0.2, 0.25) is 5.02 Å². The van der Waals surface area contributed by atoms with E-state index < -0.39 is 0 Å². The number of amides is 1. The Morgan fingerprint density at radius 1 is 1.35 bits per heavy atom. The summed E-state index contributed by atoms with van der Waals surface area (Å²) in [4.78, 5) is 14.5. The molecule has 1 fully saturated rings. The molecule has 0 atom stereocenters. The second kappa shape index (κ2) is 7.08. The van der Waals surface area contributed by atoms with E-state index in [2.05, 4.69) is 20.4 Å². The topological polar surface area (TPSA) is 93.4 Å². The van der Waals surface area contributed by atoms with Crippen molar-refractivity contribution >= 4 is 34.1 Å². The fourth-order valence-electron chi connectivity index (χ4n) is 2.52. The number of nitrogens with one attached hydrogen (secondary N) is 1. The van der Waals surface area contributed by atoms with Crippen molar-refractivity contribution in [1.82, 2.24) is 20.4 Å². The van der Waals surface area contributed by atoms with Gasteiger partial charge in [0, 0.05) is 31.6 Å². The predicted octanol–water partition coefficient (Wildman–Crippen LogP) is 0.927. The first-order chi connectivity index (χ1) is 11.2. The van der Waals surface area contributed by atoms with Crippen LogP contribution in [0.3, 0.4) is 0 Å². The lowest BCUT2D eigenvalue weighted by Gasteiger charge is -2.26. The Bertz CT molecular complexity index is 718. The zero-order chi connectivity index (χ0) is 16.2. The van der Waals surface area contributed by atoms with Crippen molar-refractivity contribution in [2.24, 2.45) is 0 Å². The van der Waals surface area contributed by atoms with Crippen molar-refractivity contribution in [2.75, 3.05) is 45.1 Å². The number of morpholine rings is 1. The van der Waals surface area contributed by atoms with Gasteiger partial charge in [0.15, 0.2) is 5.69 Å². The zero-order valence-corrected chi connectivity index (χ0v) is 13.3. The first-order valence-electron chi connectivity index (χ1n) is 7.45. The van der Waals surface area contributed by atoms with Crippen molar-refractivity contribution in [3.05, 3.63) is 28.9 Å². The van der Waals surface area contributed by atoms with Crippen LogP contribution in [-0.2, 0) is 4.74 Å². The molecule has 1 saturated heterocycles. The van der Waals surface area contributed by atoms with Crippen LogP contribution < -0.4 is 11.1 Å². The molecule has 8 heteroatoms. The summed E-state index contributed by atoms with van der Waals surface area (Å²) >= 11 is 6.06. The van der Waals surface area contributed by atoms with Gasteiger partial charge in [-0.15, -0.1) is 10.2 Å². The van der Waals surface area contributed by atoms with Crippen LogP contribution in [0.5, 0.6) is 0 Å². The molecule has 1 aromatic carbocycles. The summed E-state index contributed by atoms with van der Waals surface area (Å²) in [5, 5.41) is 11.9. The van der Waals surface area contributed by atoms with Crippen LogP contribution in [-0.4, -0.2) is 60.4 Å². The lowest BCUT2D eigenvalue weighted by atomic mass is 10.1. The van der Waals surface area contributed by atoms with Gasteiger partial charge in [0.25, 0.3) is 5.91 Å². The van der Waals surface area contributed by atoms with Gasteiger partial charge in [-0.2, -0.15) is 0 Å². The number of halogens is 1. The minimum Gasteiger partial charge on any atom is -0.396 e. The van der Waals surface area contributed by atoms with Crippen LogP contribution in [0, 0.1) is 0 Å². The van der Waals surface area contributed by atoms with Crippen molar-refractivity contribution < 1.29 is 9.53 Å². The van der Waals surface area contributed by atoms with E-state index >= 15 is 0 Å². The van der Waals surface area contributed by atoms with E-state index in [1.54, 1.807) is 18.2 Å². The highest BCUT2D eigenvalue weighted by Gasteiger charge is 2.17. The number of benzene rings is 1. The Labute approximate surface area is 138 Å². The molecule has 3 N–H and O–H groups in total. The molecule has 122 valence electrons. The quantitative estimate of drug-likeness (QED) is 0.863. The van der Waals surface area contributed by atoms with Gasteiger partial charge in [-0.05, 0) is 6.07 Å². The van der Waals surface area contributed by atoms with E-state index in [1.165, 1.54) is 0 Å². The normalized spacial score (nSPS) is 15.7. The molecular weight excluding hydrogens is 318 g/mol. The molecule has 0 radical (unpaired) electrons. The maximum Gasteiger partial charge on any atom is 0.274 e. The molecule has 2 aromatic rings. The number of nitrogens with two attached hydrogens (primary N) is 1. The maximum atomic E-state index is 12.3. The van der Waals surface area contributed by atoms with Gasteiger partial charge in [0.1, 0.15) is 5.52 Å². The van der Waals surface area contributed by atoms with Crippen LogP contribution in [0.15, 0.2) is 18.2 Å². The van der Waals surface area contributed by atoms with Gasteiger partial charge >= 0.3 is 0 Å². The first kappa shape index (κ1) is 15.9. The number of anilines is 1. The summed E-state index contributed by atoms with van der Waals surface area (Å²) < 4.78 is 5.29. The summed E-state index contributed by atoms with van der Waals surface area (Å²) in [7, 11) is 0. The Kier molecular flexibility index (Phi) is 4.90. The molecule has 1 amide bonds. The van der Waals surface area contributed by atoms with Gasteiger partial charge in [0.05, 0.1) is 23.9 Å². The SMILES string of the molecule is Nc1c(C(=O)NCCN2CCOCC2)nnc2c(Cl)cccc12. The molecule has 0 saturated carbocycles. The molecule has 0 bridgehead atoms. The molecule has 1 aliphatic rings. The third-order valence-corrected chi connectivity index (χ3v) is 4.12. The number of rotatable bonds is 4. The van der Waals surface area contributed by atoms with E-state index in [1.807, 2.05) is 0 Å². The van der Waals surface area contributed by atoms with Crippen molar-refractivity contribution in [3.8, 4) is 0 Å². The van der Waals surface area contributed by atoms with Crippen LogP contribution in [0.1, 0.15) is 10.5 Å². The Morgan fingerprint density at radius 3 is 2.91 bits per heavy atom. The number of hydrogen-bond donors (Lipinski definition) is 2. The van der Waals surface area contributed by atoms with Crippen LogP contribution in [0.25, 0.3) is 10.9 Å². The molecule has 3 rings (SSSR count). The van der Waals surface area contributed by atoms with Crippen LogP contribution >= 0.6 is 11.6 Å². The number of nitrogen functional groups attached to an aromatic ring is 1. The average molecular weight is 336 g/mol. The van der Waals surface area contributed by atoms with Gasteiger partial charge in [0.2, 0.25) is 0 Å². The summed E-state index contributed by atoms with van der Waals surface area (Å²) in [6.45, 7) is 4.52. The van der Waals surface area contributed by atoms with E-state index in [4.69, 9.17) is 22.1 Å². The molecule has 1 aromatic heterocycles. The number of ether oxygens (including phenoxy) is 1. The lowest BCUT2D eigenvalue weighted by molar-refractivity contribution is 0.0383. The molecule has 1 aliphatic heterocycles. The first-order valence-corrected chi connectivity index (χ1v) is 7.83. The number of carbonyl (C=O) groups is 1. The third-order valence-electron chi connectivity index (χ3n) is 3.81. The highest BCUT2D eigenvalue weighted by molar-refractivity contribution is 6.35. The second-order valence-electron chi connectivity index (χ2n) is 5.31. The van der Waals surface area contributed by atoms with Crippen molar-refractivity contribution in [3.63, 3.8) is 0 Å². The van der Waals surface area contributed by atoms with Gasteiger partial charge in [-0.3, -0.25) is 9.69 Å². The number of nitrogens with zero attached hydrogens (tertiary/aromatic N) is 3. The van der Waals surface area contributed by atoms with E-state index in [9.17, 15) is 4.79 Å². The molecule has 23 heavy (non-hydrogen) atoms. The maximum absolute atomic E-state index is 12.3. The van der Waals surface area contributed by atoms with Crippen molar-refractivity contribution in [1.29, 1.82) is 0 Å². The predicted molar refractivity (Wildman–Crippen MR) is 88.6 cm³/mol. The van der Waals surface area contributed by atoms with E-state index in [0.717, 1.165) is 32.8 Å². The molecule has 2 heterocycles. The monoisotopic (exact) mass is 335 g/mol. The summed E-state index contributed by atoms with van der Waals surface area (Å²) in [6, 6.07) is 5.25. The van der Waals surface area contributed by atoms with E-state index in [-0.39, 0.29) is 11.6 Å². The molecule has 0 unspecified atom stereocenters. The average Bonchev–Trinajstić information content (AvgIpc) is 2.57. The fraction of sp³-hybridized carbons (Fsp3) is 0.400. The number of hydrogen-bond acceptors (Lipinski definition) is 6.